The summed E-state index contributed by atoms with van der Waals surface area (Å²) in [4.78, 5) is 12.1. The Labute approximate surface area is 177 Å². The molecule has 8 heteroatoms. The van der Waals surface area contributed by atoms with Crippen LogP contribution < -0.4 is 14.8 Å². The SMILES string of the molecule is COc1ccc(S(=O)(=O)NCCCCCC(=O)NCCc2ccc(Cl)cc2)cc1. The van der Waals surface area contributed by atoms with Crippen LogP contribution in [0.3, 0.4) is 0 Å². The van der Waals surface area contributed by atoms with Gasteiger partial charge in [-0.2, -0.15) is 0 Å². The highest BCUT2D eigenvalue weighted by molar-refractivity contribution is 7.89. The summed E-state index contributed by atoms with van der Waals surface area (Å²) in [6, 6.07) is 13.8. The summed E-state index contributed by atoms with van der Waals surface area (Å²) in [7, 11) is -1.99. The van der Waals surface area contributed by atoms with Gasteiger partial charge in [0.2, 0.25) is 15.9 Å². The van der Waals surface area contributed by atoms with Gasteiger partial charge in [-0.15, -0.1) is 0 Å². The van der Waals surface area contributed by atoms with Crippen LogP contribution in [0.1, 0.15) is 31.2 Å². The van der Waals surface area contributed by atoms with Crippen LogP contribution >= 0.6 is 11.6 Å². The summed E-state index contributed by atoms with van der Waals surface area (Å²) >= 11 is 5.84. The lowest BCUT2D eigenvalue weighted by Gasteiger charge is -2.08. The van der Waals surface area contributed by atoms with E-state index in [1.807, 2.05) is 24.3 Å². The molecule has 2 aromatic carbocycles. The van der Waals surface area contributed by atoms with Crippen molar-refractivity contribution in [3.8, 4) is 5.75 Å². The number of hydrogen-bond acceptors (Lipinski definition) is 4. The largest absolute Gasteiger partial charge is 0.497 e. The van der Waals surface area contributed by atoms with E-state index in [0.29, 0.717) is 36.7 Å². The van der Waals surface area contributed by atoms with Crippen LogP contribution in [0.25, 0.3) is 0 Å². The van der Waals surface area contributed by atoms with Crippen molar-refractivity contribution >= 4 is 27.5 Å². The average Bonchev–Trinajstić information content (AvgIpc) is 2.72. The monoisotopic (exact) mass is 438 g/mol. The number of halogens is 1. The molecule has 1 amide bonds. The van der Waals surface area contributed by atoms with E-state index in [9.17, 15) is 13.2 Å². The highest BCUT2D eigenvalue weighted by Crippen LogP contribution is 2.15. The van der Waals surface area contributed by atoms with Gasteiger partial charge in [0.25, 0.3) is 0 Å². The number of benzene rings is 2. The zero-order chi connectivity index (χ0) is 21.1. The standard InChI is InChI=1S/C21H27ClN2O4S/c1-28-19-10-12-20(13-11-19)29(26,27)24-15-4-2-3-5-21(25)23-16-14-17-6-8-18(22)9-7-17/h6-13,24H,2-5,14-16H2,1H3,(H,23,25). The number of methoxy groups -OCH3 is 1. The second kappa shape index (κ2) is 11.8. The molecule has 0 saturated heterocycles. The van der Waals surface area contributed by atoms with Crippen molar-refractivity contribution < 1.29 is 17.9 Å². The maximum absolute atomic E-state index is 12.2. The Bertz CT molecular complexity index is 869. The molecule has 0 aliphatic rings. The Morgan fingerprint density at radius 2 is 1.66 bits per heavy atom. The number of rotatable bonds is 12. The van der Waals surface area contributed by atoms with Gasteiger partial charge < -0.3 is 10.1 Å². The van der Waals surface area contributed by atoms with Gasteiger partial charge in [-0.1, -0.05) is 30.2 Å². The van der Waals surface area contributed by atoms with Crippen LogP contribution in [-0.2, 0) is 21.2 Å². The van der Waals surface area contributed by atoms with E-state index in [2.05, 4.69) is 10.0 Å². The predicted octanol–water partition coefficient (Wildman–Crippen LogP) is 3.55. The molecule has 0 saturated carbocycles. The molecule has 0 aliphatic heterocycles. The Morgan fingerprint density at radius 1 is 0.966 bits per heavy atom. The van der Waals surface area contributed by atoms with Crippen molar-refractivity contribution in [2.24, 2.45) is 0 Å². The van der Waals surface area contributed by atoms with E-state index in [0.717, 1.165) is 24.8 Å². The third kappa shape index (κ3) is 8.43. The fourth-order valence-electron chi connectivity index (χ4n) is 2.72. The summed E-state index contributed by atoms with van der Waals surface area (Å²) in [5.41, 5.74) is 1.12. The minimum Gasteiger partial charge on any atom is -0.497 e. The lowest BCUT2D eigenvalue weighted by molar-refractivity contribution is -0.121. The highest BCUT2D eigenvalue weighted by Gasteiger charge is 2.13. The van der Waals surface area contributed by atoms with Crippen LogP contribution in [0.5, 0.6) is 5.75 Å². The number of amides is 1. The summed E-state index contributed by atoms with van der Waals surface area (Å²) in [6.45, 7) is 0.925. The lowest BCUT2D eigenvalue weighted by Crippen LogP contribution is -2.26. The smallest absolute Gasteiger partial charge is 0.240 e. The van der Waals surface area contributed by atoms with E-state index < -0.39 is 10.0 Å². The normalized spacial score (nSPS) is 11.2. The molecule has 0 fully saturated rings. The van der Waals surface area contributed by atoms with Gasteiger partial charge >= 0.3 is 0 Å². The van der Waals surface area contributed by atoms with Gasteiger partial charge in [-0.25, -0.2) is 13.1 Å². The molecule has 0 spiro atoms. The third-order valence-electron chi connectivity index (χ3n) is 4.39. The van der Waals surface area contributed by atoms with E-state index in [1.54, 1.807) is 12.1 Å². The molecule has 0 aromatic heterocycles. The second-order valence-corrected chi connectivity index (χ2v) is 8.81. The highest BCUT2D eigenvalue weighted by atomic mass is 35.5. The maximum atomic E-state index is 12.2. The van der Waals surface area contributed by atoms with E-state index in [4.69, 9.17) is 16.3 Å². The van der Waals surface area contributed by atoms with Crippen molar-refractivity contribution in [3.05, 3.63) is 59.1 Å². The molecule has 6 nitrogen and oxygen atoms in total. The minimum absolute atomic E-state index is 0.0118. The molecular formula is C21H27ClN2O4S. The number of carbonyl (C=O) groups excluding carboxylic acids is 1. The number of sulfonamides is 1. The fraction of sp³-hybridized carbons (Fsp3) is 0.381. The first-order chi connectivity index (χ1) is 13.9. The first kappa shape index (κ1) is 23.2. The van der Waals surface area contributed by atoms with E-state index in [-0.39, 0.29) is 10.8 Å². The Kier molecular flexibility index (Phi) is 9.44. The van der Waals surface area contributed by atoms with Crippen molar-refractivity contribution in [2.75, 3.05) is 20.2 Å². The zero-order valence-corrected chi connectivity index (χ0v) is 18.1. The van der Waals surface area contributed by atoms with Crippen molar-refractivity contribution in [2.45, 2.75) is 37.0 Å². The van der Waals surface area contributed by atoms with Gasteiger partial charge in [0.05, 0.1) is 12.0 Å². The number of ether oxygens (including phenoxy) is 1. The topological polar surface area (TPSA) is 84.5 Å². The second-order valence-electron chi connectivity index (χ2n) is 6.61. The molecule has 2 rings (SSSR count). The minimum atomic E-state index is -3.52. The maximum Gasteiger partial charge on any atom is 0.240 e. The van der Waals surface area contributed by atoms with Gasteiger partial charge in [0.15, 0.2) is 0 Å². The van der Waals surface area contributed by atoms with Crippen LogP contribution in [0.4, 0.5) is 0 Å². The summed E-state index contributed by atoms with van der Waals surface area (Å²) in [6.07, 6.45) is 3.36. The molecule has 2 aromatic rings. The van der Waals surface area contributed by atoms with Crippen molar-refractivity contribution in [3.63, 3.8) is 0 Å². The molecule has 158 valence electrons. The fourth-order valence-corrected chi connectivity index (χ4v) is 3.92. The Balaban J connectivity index is 1.56. The number of unbranched alkanes of at least 4 members (excludes halogenated alkanes) is 2. The number of carbonyl (C=O) groups is 1. The van der Waals surface area contributed by atoms with Crippen molar-refractivity contribution in [1.29, 1.82) is 0 Å². The molecule has 0 radical (unpaired) electrons. The van der Waals surface area contributed by atoms with Crippen LogP contribution in [0.15, 0.2) is 53.4 Å². The summed E-state index contributed by atoms with van der Waals surface area (Å²) < 4.78 is 32.0. The molecule has 2 N–H and O–H groups in total. The van der Waals surface area contributed by atoms with E-state index in [1.165, 1.54) is 19.2 Å². The average molecular weight is 439 g/mol. The molecule has 0 heterocycles. The summed E-state index contributed by atoms with van der Waals surface area (Å²) in [5, 5.41) is 3.60. The zero-order valence-electron chi connectivity index (χ0n) is 16.5. The van der Waals surface area contributed by atoms with Crippen LogP contribution in [-0.4, -0.2) is 34.5 Å². The predicted molar refractivity (Wildman–Crippen MR) is 115 cm³/mol. The van der Waals surface area contributed by atoms with Crippen LogP contribution in [0.2, 0.25) is 5.02 Å². The Morgan fingerprint density at radius 3 is 2.31 bits per heavy atom. The van der Waals surface area contributed by atoms with Crippen molar-refractivity contribution in [1.82, 2.24) is 10.0 Å². The molecule has 0 bridgehead atoms. The van der Waals surface area contributed by atoms with Gasteiger partial charge in [0, 0.05) is 24.5 Å². The van der Waals surface area contributed by atoms with Crippen LogP contribution in [0, 0.1) is 0 Å². The first-order valence-corrected chi connectivity index (χ1v) is 11.4. The number of hydrogen-bond donors (Lipinski definition) is 2. The molecular weight excluding hydrogens is 412 g/mol. The van der Waals surface area contributed by atoms with E-state index >= 15 is 0 Å². The Hall–Kier alpha value is -2.09. The third-order valence-corrected chi connectivity index (χ3v) is 6.12. The summed E-state index contributed by atoms with van der Waals surface area (Å²) in [5.74, 6) is 0.619. The molecule has 0 atom stereocenters. The van der Waals surface area contributed by atoms with Gasteiger partial charge in [-0.3, -0.25) is 4.79 Å². The lowest BCUT2D eigenvalue weighted by atomic mass is 10.1. The number of nitrogens with one attached hydrogen (secondary N) is 2. The molecule has 0 unspecified atom stereocenters. The first-order valence-electron chi connectivity index (χ1n) is 9.55. The quantitative estimate of drug-likeness (QED) is 0.496. The van der Waals surface area contributed by atoms with Gasteiger partial charge in [-0.05, 0) is 61.2 Å². The van der Waals surface area contributed by atoms with Gasteiger partial charge in [0.1, 0.15) is 5.75 Å². The molecule has 0 aliphatic carbocycles. The molecule has 29 heavy (non-hydrogen) atoms.